The topological polar surface area (TPSA) is 31.4 Å². The lowest BCUT2D eigenvalue weighted by molar-refractivity contribution is 0.201. The van der Waals surface area contributed by atoms with Gasteiger partial charge in [-0.1, -0.05) is 37.3 Å². The molecule has 2 heterocycles. The van der Waals surface area contributed by atoms with E-state index in [-0.39, 0.29) is 0 Å². The van der Waals surface area contributed by atoms with Crippen molar-refractivity contribution in [2.75, 3.05) is 36.4 Å². The van der Waals surface area contributed by atoms with Gasteiger partial charge in [-0.3, -0.25) is 4.90 Å². The highest BCUT2D eigenvalue weighted by Gasteiger charge is 2.26. The molecule has 1 aromatic carbocycles. The Labute approximate surface area is 158 Å². The van der Waals surface area contributed by atoms with Crippen molar-refractivity contribution in [1.82, 2.24) is 9.88 Å². The fraction of sp³-hybridized carbons (Fsp3) is 0.500. The molecular formula is C22H32N4. The van der Waals surface area contributed by atoms with E-state index in [1.54, 1.807) is 0 Å². The molecule has 0 bridgehead atoms. The molecule has 140 valence electrons. The number of rotatable bonds is 8. The lowest BCUT2D eigenvalue weighted by Gasteiger charge is -2.39. The number of hydrogen-bond acceptors (Lipinski definition) is 4. The van der Waals surface area contributed by atoms with Gasteiger partial charge in [0.15, 0.2) is 5.82 Å². The maximum Gasteiger partial charge on any atom is 0.152 e. The predicted octanol–water partition coefficient (Wildman–Crippen LogP) is 4.39. The van der Waals surface area contributed by atoms with Crippen LogP contribution in [0.5, 0.6) is 0 Å². The molecule has 4 nitrogen and oxygen atoms in total. The molecule has 2 aromatic rings. The van der Waals surface area contributed by atoms with Crippen molar-refractivity contribution < 1.29 is 0 Å². The van der Waals surface area contributed by atoms with Crippen molar-refractivity contribution in [3.05, 3.63) is 54.2 Å². The van der Waals surface area contributed by atoms with Crippen molar-refractivity contribution in [1.29, 1.82) is 0 Å². The van der Waals surface area contributed by atoms with E-state index in [4.69, 9.17) is 4.98 Å². The molecule has 1 saturated heterocycles. The van der Waals surface area contributed by atoms with Crippen LogP contribution in [-0.2, 0) is 6.54 Å². The third-order valence-electron chi connectivity index (χ3n) is 5.14. The molecule has 1 aliphatic rings. The van der Waals surface area contributed by atoms with Gasteiger partial charge in [-0.25, -0.2) is 4.98 Å². The largest absolute Gasteiger partial charge is 0.382 e. The van der Waals surface area contributed by atoms with Crippen LogP contribution in [0, 0.1) is 0 Å². The van der Waals surface area contributed by atoms with Crippen LogP contribution < -0.4 is 10.2 Å². The second-order valence-electron chi connectivity index (χ2n) is 7.09. The Morgan fingerprint density at radius 1 is 1.08 bits per heavy atom. The summed E-state index contributed by atoms with van der Waals surface area (Å²) in [5.74, 6) is 1.12. The summed E-state index contributed by atoms with van der Waals surface area (Å²) in [5, 5.41) is 3.48. The zero-order chi connectivity index (χ0) is 18.2. The highest BCUT2D eigenvalue weighted by Crippen LogP contribution is 2.29. The summed E-state index contributed by atoms with van der Waals surface area (Å²) in [5.41, 5.74) is 2.57. The molecule has 26 heavy (non-hydrogen) atoms. The van der Waals surface area contributed by atoms with Crippen LogP contribution in [0.25, 0.3) is 0 Å². The third kappa shape index (κ3) is 4.76. The summed E-state index contributed by atoms with van der Waals surface area (Å²) in [4.78, 5) is 9.85. The highest BCUT2D eigenvalue weighted by molar-refractivity contribution is 5.65. The van der Waals surface area contributed by atoms with E-state index in [1.165, 1.54) is 18.4 Å². The number of hydrogen-bond donors (Lipinski definition) is 1. The summed E-state index contributed by atoms with van der Waals surface area (Å²) < 4.78 is 0. The van der Waals surface area contributed by atoms with Crippen LogP contribution in [0.15, 0.2) is 48.7 Å². The summed E-state index contributed by atoms with van der Waals surface area (Å²) in [7, 11) is 0. The first-order valence-electron chi connectivity index (χ1n) is 10.0. The fourth-order valence-electron chi connectivity index (χ4n) is 3.89. The molecule has 1 aromatic heterocycles. The lowest BCUT2D eigenvalue weighted by Crippen LogP contribution is -2.45. The molecule has 0 aliphatic carbocycles. The van der Waals surface area contributed by atoms with E-state index < -0.39 is 0 Å². The average Bonchev–Trinajstić information content (AvgIpc) is 2.69. The number of benzene rings is 1. The Bertz CT molecular complexity index is 650. The van der Waals surface area contributed by atoms with Crippen molar-refractivity contribution in [2.45, 2.75) is 45.7 Å². The van der Waals surface area contributed by atoms with Crippen LogP contribution in [-0.4, -0.2) is 42.1 Å². The third-order valence-corrected chi connectivity index (χ3v) is 5.14. The van der Waals surface area contributed by atoms with Gasteiger partial charge in [0.1, 0.15) is 0 Å². The number of pyridine rings is 1. The van der Waals surface area contributed by atoms with E-state index in [9.17, 15) is 0 Å². The van der Waals surface area contributed by atoms with Crippen LogP contribution in [0.1, 0.15) is 38.7 Å². The Hall–Kier alpha value is -2.07. The SMILES string of the molecule is CCCN(c1ncccc1NCC)C1CCN(Cc2ccccc2)CC1. The molecule has 1 fully saturated rings. The molecule has 0 amide bonds. The minimum absolute atomic E-state index is 0.578. The monoisotopic (exact) mass is 352 g/mol. The van der Waals surface area contributed by atoms with Crippen molar-refractivity contribution >= 4 is 11.5 Å². The number of piperidine rings is 1. The molecule has 0 radical (unpaired) electrons. The number of nitrogens with zero attached hydrogens (tertiary/aromatic N) is 3. The molecule has 1 aliphatic heterocycles. The average molecular weight is 353 g/mol. The first-order chi connectivity index (χ1) is 12.8. The maximum atomic E-state index is 4.73. The van der Waals surface area contributed by atoms with E-state index in [2.05, 4.69) is 65.4 Å². The number of likely N-dealkylation sites (tertiary alicyclic amines) is 1. The van der Waals surface area contributed by atoms with Gasteiger partial charge in [-0.05, 0) is 43.9 Å². The Kier molecular flexibility index (Phi) is 6.89. The van der Waals surface area contributed by atoms with E-state index >= 15 is 0 Å². The number of nitrogens with one attached hydrogen (secondary N) is 1. The van der Waals surface area contributed by atoms with Crippen LogP contribution in [0.3, 0.4) is 0 Å². The first-order valence-corrected chi connectivity index (χ1v) is 10.0. The van der Waals surface area contributed by atoms with Crippen molar-refractivity contribution in [3.63, 3.8) is 0 Å². The van der Waals surface area contributed by atoms with Crippen molar-refractivity contribution in [2.24, 2.45) is 0 Å². The summed E-state index contributed by atoms with van der Waals surface area (Å²) >= 11 is 0. The van der Waals surface area contributed by atoms with Crippen LogP contribution in [0.2, 0.25) is 0 Å². The normalized spacial score (nSPS) is 15.8. The van der Waals surface area contributed by atoms with Crippen molar-refractivity contribution in [3.8, 4) is 0 Å². The molecule has 0 unspecified atom stereocenters. The Morgan fingerprint density at radius 3 is 2.54 bits per heavy atom. The quantitative estimate of drug-likeness (QED) is 0.763. The minimum Gasteiger partial charge on any atom is -0.382 e. The van der Waals surface area contributed by atoms with Gasteiger partial charge in [0.05, 0.1) is 5.69 Å². The zero-order valence-electron chi connectivity index (χ0n) is 16.2. The van der Waals surface area contributed by atoms with E-state index in [0.717, 1.165) is 50.6 Å². The van der Waals surface area contributed by atoms with Gasteiger partial charge in [-0.15, -0.1) is 0 Å². The molecule has 0 spiro atoms. The van der Waals surface area contributed by atoms with Crippen LogP contribution in [0.4, 0.5) is 11.5 Å². The highest BCUT2D eigenvalue weighted by atomic mass is 15.2. The van der Waals surface area contributed by atoms with E-state index in [0.29, 0.717) is 6.04 Å². The zero-order valence-corrected chi connectivity index (χ0v) is 16.2. The van der Waals surface area contributed by atoms with Gasteiger partial charge in [0, 0.05) is 45.0 Å². The summed E-state index contributed by atoms with van der Waals surface area (Å²) in [6.45, 7) is 9.77. The molecule has 1 N–H and O–H groups in total. The lowest BCUT2D eigenvalue weighted by atomic mass is 10.0. The number of anilines is 2. The molecular weight excluding hydrogens is 320 g/mol. The number of aromatic nitrogens is 1. The molecule has 3 rings (SSSR count). The smallest absolute Gasteiger partial charge is 0.152 e. The standard InChI is InChI=1S/C22H32N4/c1-3-15-26(22-21(23-4-2)11-8-14-24-22)20-12-16-25(17-13-20)18-19-9-6-5-7-10-19/h5-11,14,20,23H,3-4,12-13,15-18H2,1-2H3. The van der Waals surface area contributed by atoms with Gasteiger partial charge >= 0.3 is 0 Å². The molecule has 4 heteroatoms. The van der Waals surface area contributed by atoms with Crippen LogP contribution >= 0.6 is 0 Å². The second-order valence-corrected chi connectivity index (χ2v) is 7.09. The minimum atomic E-state index is 0.578. The predicted molar refractivity (Wildman–Crippen MR) is 111 cm³/mol. The van der Waals surface area contributed by atoms with Gasteiger partial charge in [0.2, 0.25) is 0 Å². The first kappa shape index (κ1) is 18.7. The fourth-order valence-corrected chi connectivity index (χ4v) is 3.89. The Balaban J connectivity index is 1.65. The van der Waals surface area contributed by atoms with E-state index in [1.807, 2.05) is 12.3 Å². The van der Waals surface area contributed by atoms with Gasteiger partial charge in [0.25, 0.3) is 0 Å². The maximum absolute atomic E-state index is 4.73. The molecule has 0 atom stereocenters. The second kappa shape index (κ2) is 9.58. The Morgan fingerprint density at radius 2 is 1.85 bits per heavy atom. The van der Waals surface area contributed by atoms with Gasteiger partial charge in [-0.2, -0.15) is 0 Å². The summed E-state index contributed by atoms with van der Waals surface area (Å²) in [6, 6.07) is 15.6. The molecule has 0 saturated carbocycles. The summed E-state index contributed by atoms with van der Waals surface area (Å²) in [6.07, 6.45) is 5.47. The van der Waals surface area contributed by atoms with Gasteiger partial charge < -0.3 is 10.2 Å².